The maximum Gasteiger partial charge on any atom is 0.408 e. The summed E-state index contributed by atoms with van der Waals surface area (Å²) in [6, 6.07) is 3.11. The van der Waals surface area contributed by atoms with Gasteiger partial charge >= 0.3 is 6.09 Å². The number of carbonyl (C=O) groups excluding carboxylic acids is 4. The fraction of sp³-hybridized carbons (Fsp3) is 0.556. The largest absolute Gasteiger partial charge is 0.471 e. The van der Waals surface area contributed by atoms with Gasteiger partial charge in [-0.15, -0.1) is 17.9 Å². The molecule has 3 aromatic rings. The molecule has 17 heteroatoms. The summed E-state index contributed by atoms with van der Waals surface area (Å²) in [5.74, 6) is -2.42. The zero-order valence-corrected chi connectivity index (χ0v) is 31.5. The molecule has 1 aliphatic heterocycles. The van der Waals surface area contributed by atoms with Gasteiger partial charge in [0, 0.05) is 18.4 Å². The number of furan rings is 1. The number of aromatic nitrogens is 2. The van der Waals surface area contributed by atoms with Gasteiger partial charge in [0.1, 0.15) is 41.0 Å². The first-order valence-corrected chi connectivity index (χ1v) is 20.3. The zero-order chi connectivity index (χ0) is 37.7. The van der Waals surface area contributed by atoms with Gasteiger partial charge in [-0.1, -0.05) is 32.9 Å². The van der Waals surface area contributed by atoms with E-state index in [4.69, 9.17) is 13.9 Å². The van der Waals surface area contributed by atoms with Crippen molar-refractivity contribution in [1.29, 1.82) is 0 Å². The number of nitrogens with zero attached hydrogens (tertiary/aromatic N) is 3. The van der Waals surface area contributed by atoms with Gasteiger partial charge in [0.15, 0.2) is 0 Å². The van der Waals surface area contributed by atoms with Crippen LogP contribution in [0.4, 0.5) is 4.79 Å². The Morgan fingerprint density at radius 1 is 1.11 bits per heavy atom. The smallest absolute Gasteiger partial charge is 0.408 e. The summed E-state index contributed by atoms with van der Waals surface area (Å²) in [4.78, 5) is 66.9. The Labute approximate surface area is 311 Å². The lowest BCUT2D eigenvalue weighted by atomic mass is 9.85. The molecule has 284 valence electrons. The number of hydrogen-bond acceptors (Lipinski definition) is 12. The Hall–Kier alpha value is -4.51. The van der Waals surface area contributed by atoms with E-state index in [0.29, 0.717) is 29.8 Å². The van der Waals surface area contributed by atoms with E-state index >= 15 is 0 Å². The molecule has 4 amide bonds. The molecule has 4 heterocycles. The minimum absolute atomic E-state index is 0.00717. The highest BCUT2D eigenvalue weighted by atomic mass is 32.2. The number of fused-ring (bicyclic) bond motifs is 1. The SMILES string of the molecule is C=C[C@@H]1CC1(NC(=O)[C@@H]1C[C@@H](Oc2nc3ccoc3nc2-c2cccs2)CN1C(=O)[C@@H](NC(=O)OC1CCCC1)C(C)(C)C)C(=O)NS(=O)(=O)C1CC1. The van der Waals surface area contributed by atoms with Crippen molar-refractivity contribution in [1.82, 2.24) is 30.2 Å². The van der Waals surface area contributed by atoms with E-state index in [1.807, 2.05) is 17.5 Å². The van der Waals surface area contributed by atoms with Crippen molar-refractivity contribution in [3.8, 4) is 16.5 Å². The maximum absolute atomic E-state index is 14.6. The van der Waals surface area contributed by atoms with Gasteiger partial charge in [-0.25, -0.2) is 23.2 Å². The summed E-state index contributed by atoms with van der Waals surface area (Å²) in [6.07, 6.45) is 5.69. The number of likely N-dealkylation sites (tertiary alicyclic amines) is 1. The first kappa shape index (κ1) is 36.8. The average Bonchev–Trinajstić information content (AvgIpc) is 3.68. The molecular weight excluding hydrogens is 725 g/mol. The predicted octanol–water partition coefficient (Wildman–Crippen LogP) is 4.05. The molecule has 0 aromatic carbocycles. The van der Waals surface area contributed by atoms with Gasteiger partial charge in [0.2, 0.25) is 33.4 Å². The molecule has 3 N–H and O–H groups in total. The summed E-state index contributed by atoms with van der Waals surface area (Å²) < 4.78 is 45.2. The van der Waals surface area contributed by atoms with Crippen LogP contribution in [0.15, 0.2) is 46.9 Å². The lowest BCUT2D eigenvalue weighted by Gasteiger charge is -2.35. The standard InChI is InChI=1S/C36H44N6O9S2/c1-5-20-18-36(20,33(45)41-53(47,48)23-12-13-23)40-29(43)25-17-22(50-31-27(26-11-8-16-52-26)38-30-24(37-31)14-15-49-30)19-42(25)32(44)28(35(2,3)4)39-34(46)51-21-9-6-7-10-21/h5,8,11,14-16,20-23,25,28H,1,6-7,9-10,12-13,17-19H2,2-4H3,(H,39,46)(H,40,43)(H,41,45)/t20-,22-,25+,28-,36?/m1/s1. The number of nitrogens with one attached hydrogen (secondary N) is 3. The van der Waals surface area contributed by atoms with Gasteiger partial charge in [0.05, 0.1) is 22.9 Å². The molecule has 5 atom stereocenters. The van der Waals surface area contributed by atoms with Gasteiger partial charge < -0.3 is 29.4 Å². The molecule has 1 saturated heterocycles. The van der Waals surface area contributed by atoms with Crippen LogP contribution in [0.1, 0.15) is 72.1 Å². The monoisotopic (exact) mass is 768 g/mol. The third-order valence-electron chi connectivity index (χ3n) is 10.3. The van der Waals surface area contributed by atoms with E-state index in [1.54, 1.807) is 26.8 Å². The van der Waals surface area contributed by atoms with Gasteiger partial charge in [-0.05, 0) is 61.8 Å². The number of alkyl carbamates (subject to hydrolysis) is 1. The van der Waals surface area contributed by atoms with Crippen LogP contribution in [0.5, 0.6) is 5.88 Å². The number of carbonyl (C=O) groups is 4. The zero-order valence-electron chi connectivity index (χ0n) is 29.8. The molecule has 0 radical (unpaired) electrons. The van der Waals surface area contributed by atoms with E-state index in [-0.39, 0.29) is 31.4 Å². The Balaban J connectivity index is 1.18. The van der Waals surface area contributed by atoms with Crippen LogP contribution in [0.25, 0.3) is 21.8 Å². The van der Waals surface area contributed by atoms with Crippen LogP contribution in [0.2, 0.25) is 0 Å². The Kier molecular flexibility index (Phi) is 9.76. The van der Waals surface area contributed by atoms with Crippen LogP contribution < -0.4 is 20.1 Å². The lowest BCUT2D eigenvalue weighted by Crippen LogP contribution is -2.60. The minimum Gasteiger partial charge on any atom is -0.471 e. The van der Waals surface area contributed by atoms with E-state index < -0.39 is 74.1 Å². The molecular formula is C36H44N6O9S2. The van der Waals surface area contributed by atoms with Gasteiger partial charge in [0.25, 0.3) is 5.91 Å². The first-order chi connectivity index (χ1) is 25.2. The van der Waals surface area contributed by atoms with E-state index in [0.717, 1.165) is 30.6 Å². The van der Waals surface area contributed by atoms with Gasteiger partial charge in [-0.3, -0.25) is 19.1 Å². The number of ether oxygens (including phenoxy) is 2. The van der Waals surface area contributed by atoms with Crippen molar-refractivity contribution < 1.29 is 41.5 Å². The lowest BCUT2D eigenvalue weighted by molar-refractivity contribution is -0.143. The number of hydrogen-bond donors (Lipinski definition) is 3. The highest BCUT2D eigenvalue weighted by Gasteiger charge is 2.62. The Bertz CT molecular complexity index is 2020. The summed E-state index contributed by atoms with van der Waals surface area (Å²) in [6.45, 7) is 9.10. The van der Waals surface area contributed by atoms with Crippen molar-refractivity contribution in [3.05, 3.63) is 42.5 Å². The third kappa shape index (κ3) is 7.63. The summed E-state index contributed by atoms with van der Waals surface area (Å²) in [7, 11) is -3.91. The third-order valence-corrected chi connectivity index (χ3v) is 13.0. The molecule has 0 bridgehead atoms. The molecule has 4 aliphatic rings. The highest BCUT2D eigenvalue weighted by molar-refractivity contribution is 7.91. The van der Waals surface area contributed by atoms with Crippen molar-refractivity contribution in [2.24, 2.45) is 11.3 Å². The highest BCUT2D eigenvalue weighted by Crippen LogP contribution is 2.46. The number of thiophene rings is 1. The van der Waals surface area contributed by atoms with Crippen LogP contribution in [-0.2, 0) is 29.1 Å². The summed E-state index contributed by atoms with van der Waals surface area (Å²) in [5, 5.41) is 6.80. The van der Waals surface area contributed by atoms with Crippen LogP contribution >= 0.6 is 11.3 Å². The number of sulfonamides is 1. The first-order valence-electron chi connectivity index (χ1n) is 17.9. The fourth-order valence-electron chi connectivity index (χ4n) is 7.11. The van der Waals surface area contributed by atoms with E-state index in [1.165, 1.54) is 28.6 Å². The molecule has 3 saturated carbocycles. The molecule has 3 aromatic heterocycles. The van der Waals surface area contributed by atoms with Crippen LogP contribution in [-0.4, -0.2) is 88.7 Å². The van der Waals surface area contributed by atoms with Crippen molar-refractivity contribution in [3.63, 3.8) is 0 Å². The van der Waals surface area contributed by atoms with Crippen molar-refractivity contribution in [2.75, 3.05) is 6.54 Å². The van der Waals surface area contributed by atoms with E-state index in [9.17, 15) is 27.6 Å². The second kappa shape index (κ2) is 14.0. The minimum atomic E-state index is -3.91. The topological polar surface area (TPSA) is 199 Å². The van der Waals surface area contributed by atoms with Crippen molar-refractivity contribution in [2.45, 2.75) is 107 Å². The molecule has 7 rings (SSSR count). The molecule has 53 heavy (non-hydrogen) atoms. The predicted molar refractivity (Wildman–Crippen MR) is 194 cm³/mol. The second-order valence-corrected chi connectivity index (χ2v) is 18.3. The molecule has 1 unspecified atom stereocenters. The number of amides is 4. The Morgan fingerprint density at radius 2 is 1.87 bits per heavy atom. The molecule has 0 spiro atoms. The quantitative estimate of drug-likeness (QED) is 0.225. The van der Waals surface area contributed by atoms with E-state index in [2.05, 4.69) is 31.9 Å². The number of rotatable bonds is 12. The molecule has 4 fully saturated rings. The Morgan fingerprint density at radius 3 is 2.51 bits per heavy atom. The van der Waals surface area contributed by atoms with Crippen molar-refractivity contribution >= 4 is 56.4 Å². The summed E-state index contributed by atoms with van der Waals surface area (Å²) in [5.41, 5.74) is -1.17. The molecule has 3 aliphatic carbocycles. The van der Waals surface area contributed by atoms with Crippen LogP contribution in [0.3, 0.4) is 0 Å². The maximum atomic E-state index is 14.6. The fourth-order valence-corrected chi connectivity index (χ4v) is 9.18. The second-order valence-electron chi connectivity index (χ2n) is 15.4. The summed E-state index contributed by atoms with van der Waals surface area (Å²) >= 11 is 1.43. The average molecular weight is 769 g/mol. The molecule has 15 nitrogen and oxygen atoms in total. The van der Waals surface area contributed by atoms with Gasteiger partial charge in [-0.2, -0.15) is 0 Å². The normalized spacial score (nSPS) is 25.1. The van der Waals surface area contributed by atoms with Crippen LogP contribution in [0, 0.1) is 11.3 Å².